The van der Waals surface area contributed by atoms with Crippen LogP contribution in [0.25, 0.3) is 10.9 Å². The average molecular weight is 171 g/mol. The minimum Gasteiger partial charge on any atom is -0.361 e. The second kappa shape index (κ2) is 3.09. The zero-order valence-electron chi connectivity index (χ0n) is 7.75. The van der Waals surface area contributed by atoms with Crippen molar-refractivity contribution >= 4 is 10.9 Å². The van der Waals surface area contributed by atoms with Crippen molar-refractivity contribution in [2.24, 2.45) is 0 Å². The van der Waals surface area contributed by atoms with Crippen LogP contribution < -0.4 is 0 Å². The van der Waals surface area contributed by atoms with E-state index in [1.807, 2.05) is 12.1 Å². The van der Waals surface area contributed by atoms with Crippen molar-refractivity contribution in [3.63, 3.8) is 0 Å². The molecule has 1 heteroatoms. The summed E-state index contributed by atoms with van der Waals surface area (Å²) in [7, 11) is 0. The molecule has 0 aliphatic rings. The van der Waals surface area contributed by atoms with Crippen LogP contribution in [0.5, 0.6) is 0 Å². The molecule has 1 aromatic heterocycles. The summed E-state index contributed by atoms with van der Waals surface area (Å²) < 4.78 is 0. The number of aromatic nitrogens is 1. The molecule has 13 heavy (non-hydrogen) atoms. The van der Waals surface area contributed by atoms with Gasteiger partial charge in [-0.3, -0.25) is 0 Å². The molecule has 1 nitrogen and oxygen atoms in total. The van der Waals surface area contributed by atoms with E-state index >= 15 is 0 Å². The maximum absolute atomic E-state index is 3.81. The number of H-pyrrole nitrogens is 1. The highest BCUT2D eigenvalue weighted by Crippen LogP contribution is 2.25. The van der Waals surface area contributed by atoms with Crippen molar-refractivity contribution in [2.45, 2.75) is 12.8 Å². The second-order valence-electron chi connectivity index (χ2n) is 3.31. The first kappa shape index (κ1) is 8.11. The molecule has 66 valence electrons. The first-order valence-electron chi connectivity index (χ1n) is 4.51. The fraction of sp³-hybridized carbons (Fsp3) is 0.167. The van der Waals surface area contributed by atoms with E-state index < -0.39 is 0 Å². The van der Waals surface area contributed by atoms with Crippen LogP contribution in [0.1, 0.15) is 18.4 Å². The highest BCUT2D eigenvalue weighted by Gasteiger charge is 2.06. The van der Waals surface area contributed by atoms with Crippen molar-refractivity contribution in [2.75, 3.05) is 0 Å². The van der Waals surface area contributed by atoms with Gasteiger partial charge in [-0.1, -0.05) is 31.2 Å². The van der Waals surface area contributed by atoms with Gasteiger partial charge in [-0.15, -0.1) is 6.58 Å². The van der Waals surface area contributed by atoms with Crippen molar-refractivity contribution < 1.29 is 0 Å². The van der Waals surface area contributed by atoms with E-state index in [4.69, 9.17) is 0 Å². The number of aromatic amines is 1. The molecule has 1 heterocycles. The Bertz CT molecular complexity index is 425. The fourth-order valence-electron chi connectivity index (χ4n) is 1.60. The predicted molar refractivity (Wildman–Crippen MR) is 56.9 cm³/mol. The van der Waals surface area contributed by atoms with Gasteiger partial charge in [0.15, 0.2) is 0 Å². The number of para-hydroxylation sites is 1. The van der Waals surface area contributed by atoms with Gasteiger partial charge in [0.25, 0.3) is 0 Å². The zero-order chi connectivity index (χ0) is 9.26. The van der Waals surface area contributed by atoms with E-state index in [1.165, 1.54) is 16.5 Å². The van der Waals surface area contributed by atoms with Crippen LogP contribution in [0.2, 0.25) is 0 Å². The smallest absolute Gasteiger partial charge is 0.0457 e. The summed E-state index contributed by atoms with van der Waals surface area (Å²) in [5.74, 6) is 0.413. The van der Waals surface area contributed by atoms with Crippen LogP contribution >= 0.6 is 0 Å². The highest BCUT2D eigenvalue weighted by atomic mass is 14.7. The van der Waals surface area contributed by atoms with Crippen LogP contribution in [0, 0.1) is 0 Å². The van der Waals surface area contributed by atoms with Crippen molar-refractivity contribution in [1.29, 1.82) is 0 Å². The van der Waals surface area contributed by atoms with E-state index in [-0.39, 0.29) is 0 Å². The van der Waals surface area contributed by atoms with E-state index in [0.717, 1.165) is 0 Å². The first-order chi connectivity index (χ1) is 6.33. The molecule has 0 bridgehead atoms. The first-order valence-corrected chi connectivity index (χ1v) is 4.51. The highest BCUT2D eigenvalue weighted by molar-refractivity contribution is 5.83. The Hall–Kier alpha value is -1.50. The molecule has 0 amide bonds. The molecule has 0 aliphatic heterocycles. The Morgan fingerprint density at radius 1 is 1.38 bits per heavy atom. The Kier molecular flexibility index (Phi) is 1.93. The molecule has 0 saturated carbocycles. The lowest BCUT2D eigenvalue weighted by molar-refractivity contribution is 0.982. The zero-order valence-corrected chi connectivity index (χ0v) is 7.75. The second-order valence-corrected chi connectivity index (χ2v) is 3.31. The number of hydrogen-bond donors (Lipinski definition) is 1. The molecule has 2 aromatic rings. The standard InChI is InChI=1S/C12H13N/c1-3-9(2)11-8-13-12-7-5-4-6-10(11)12/h3-9,13H,1H2,2H3. The van der Waals surface area contributed by atoms with Gasteiger partial charge in [0.05, 0.1) is 0 Å². The minimum absolute atomic E-state index is 0.413. The quantitative estimate of drug-likeness (QED) is 0.666. The molecular formula is C12H13N. The molecule has 1 atom stereocenters. The summed E-state index contributed by atoms with van der Waals surface area (Å²) in [5.41, 5.74) is 2.52. The lowest BCUT2D eigenvalue weighted by Gasteiger charge is -2.02. The maximum Gasteiger partial charge on any atom is 0.0457 e. The van der Waals surface area contributed by atoms with Crippen LogP contribution in [0.3, 0.4) is 0 Å². The van der Waals surface area contributed by atoms with Gasteiger partial charge in [-0.25, -0.2) is 0 Å². The summed E-state index contributed by atoms with van der Waals surface area (Å²) in [6.07, 6.45) is 4.03. The Morgan fingerprint density at radius 3 is 2.92 bits per heavy atom. The molecule has 1 unspecified atom stereocenters. The summed E-state index contributed by atoms with van der Waals surface area (Å²) in [5, 5.41) is 1.30. The molecule has 2 rings (SSSR count). The summed E-state index contributed by atoms with van der Waals surface area (Å²) >= 11 is 0. The van der Waals surface area contributed by atoms with E-state index in [1.54, 1.807) is 0 Å². The number of hydrogen-bond acceptors (Lipinski definition) is 0. The lowest BCUT2D eigenvalue weighted by Crippen LogP contribution is -1.84. The molecule has 0 spiro atoms. The van der Waals surface area contributed by atoms with Crippen molar-refractivity contribution in [1.82, 2.24) is 4.98 Å². The minimum atomic E-state index is 0.413. The number of allylic oxidation sites excluding steroid dienone is 1. The van der Waals surface area contributed by atoms with E-state index in [2.05, 4.69) is 42.9 Å². The third-order valence-corrected chi connectivity index (χ3v) is 2.47. The molecular weight excluding hydrogens is 158 g/mol. The normalized spacial score (nSPS) is 13.0. The van der Waals surface area contributed by atoms with Gasteiger partial charge < -0.3 is 4.98 Å². The van der Waals surface area contributed by atoms with Gasteiger partial charge in [-0.05, 0) is 11.6 Å². The third kappa shape index (κ3) is 1.26. The Morgan fingerprint density at radius 2 is 2.15 bits per heavy atom. The van der Waals surface area contributed by atoms with Gasteiger partial charge in [0.1, 0.15) is 0 Å². The Labute approximate surface area is 78.1 Å². The molecule has 1 aromatic carbocycles. The fourth-order valence-corrected chi connectivity index (χ4v) is 1.60. The lowest BCUT2D eigenvalue weighted by atomic mass is 10.0. The van der Waals surface area contributed by atoms with Crippen LogP contribution in [-0.2, 0) is 0 Å². The number of fused-ring (bicyclic) bond motifs is 1. The van der Waals surface area contributed by atoms with E-state index in [0.29, 0.717) is 5.92 Å². The Balaban J connectivity index is 2.64. The van der Waals surface area contributed by atoms with Crippen LogP contribution in [0.15, 0.2) is 43.1 Å². The number of rotatable bonds is 2. The topological polar surface area (TPSA) is 15.8 Å². The molecule has 0 radical (unpaired) electrons. The van der Waals surface area contributed by atoms with Crippen LogP contribution in [0.4, 0.5) is 0 Å². The largest absolute Gasteiger partial charge is 0.361 e. The van der Waals surface area contributed by atoms with Crippen molar-refractivity contribution in [3.05, 3.63) is 48.7 Å². The monoisotopic (exact) mass is 171 g/mol. The van der Waals surface area contributed by atoms with Crippen molar-refractivity contribution in [3.8, 4) is 0 Å². The SMILES string of the molecule is C=CC(C)c1c[nH]c2ccccc12. The van der Waals surface area contributed by atoms with Crippen LogP contribution in [-0.4, -0.2) is 4.98 Å². The number of benzene rings is 1. The summed E-state index contributed by atoms with van der Waals surface area (Å²) in [6, 6.07) is 8.34. The summed E-state index contributed by atoms with van der Waals surface area (Å²) in [6.45, 7) is 5.96. The molecule has 1 N–H and O–H groups in total. The molecule has 0 aliphatic carbocycles. The number of nitrogens with one attached hydrogen (secondary N) is 1. The third-order valence-electron chi connectivity index (χ3n) is 2.47. The van der Waals surface area contributed by atoms with Gasteiger partial charge in [-0.2, -0.15) is 0 Å². The predicted octanol–water partition coefficient (Wildman–Crippen LogP) is 3.46. The summed E-state index contributed by atoms with van der Waals surface area (Å²) in [4.78, 5) is 3.26. The van der Waals surface area contributed by atoms with Gasteiger partial charge in [0, 0.05) is 23.0 Å². The molecule has 0 fully saturated rings. The maximum atomic E-state index is 3.81. The van der Waals surface area contributed by atoms with Gasteiger partial charge >= 0.3 is 0 Å². The van der Waals surface area contributed by atoms with Gasteiger partial charge in [0.2, 0.25) is 0 Å². The molecule has 0 saturated heterocycles. The average Bonchev–Trinajstić information content (AvgIpc) is 2.60. The van der Waals surface area contributed by atoms with E-state index in [9.17, 15) is 0 Å².